The molecule has 3 unspecified atom stereocenters. The summed E-state index contributed by atoms with van der Waals surface area (Å²) in [7, 11) is 2.74. The number of hydrogen-bond acceptors (Lipinski definition) is 3. The third-order valence-corrected chi connectivity index (χ3v) is 5.31. The van der Waals surface area contributed by atoms with Gasteiger partial charge in [0.05, 0.1) is 12.0 Å². The van der Waals surface area contributed by atoms with Gasteiger partial charge < -0.3 is 9.64 Å². The minimum Gasteiger partial charge on any atom is -0.457 e. The Bertz CT molecular complexity index is 526. The van der Waals surface area contributed by atoms with Gasteiger partial charge in [0.25, 0.3) is 0 Å². The Morgan fingerprint density at radius 3 is 3.00 bits per heavy atom. The van der Waals surface area contributed by atoms with Crippen LogP contribution in [0, 0.1) is 11.8 Å². The number of esters is 1. The van der Waals surface area contributed by atoms with Gasteiger partial charge in [-0.15, -0.1) is 9.24 Å². The van der Waals surface area contributed by atoms with Crippen LogP contribution >= 0.6 is 9.24 Å². The van der Waals surface area contributed by atoms with E-state index in [0.717, 1.165) is 24.8 Å². The first-order valence-corrected chi connectivity index (χ1v) is 8.34. The smallest absolute Gasteiger partial charge is 0.355 e. The van der Waals surface area contributed by atoms with Crippen molar-refractivity contribution in [1.82, 2.24) is 4.90 Å². The zero-order valence-corrected chi connectivity index (χ0v) is 13.5. The van der Waals surface area contributed by atoms with E-state index in [9.17, 15) is 9.59 Å². The van der Waals surface area contributed by atoms with Crippen molar-refractivity contribution in [2.75, 3.05) is 6.61 Å². The van der Waals surface area contributed by atoms with Crippen molar-refractivity contribution >= 4 is 21.1 Å². The van der Waals surface area contributed by atoms with E-state index in [4.69, 9.17) is 4.74 Å². The van der Waals surface area contributed by atoms with Gasteiger partial charge >= 0.3 is 5.97 Å². The lowest BCUT2D eigenvalue weighted by atomic mass is 9.73. The van der Waals surface area contributed by atoms with Crippen LogP contribution in [0.25, 0.3) is 0 Å². The second kappa shape index (κ2) is 5.57. The molecular weight excluding hydrogens is 285 g/mol. The fourth-order valence-corrected chi connectivity index (χ4v) is 4.45. The molecule has 5 atom stereocenters. The zero-order valence-electron chi connectivity index (χ0n) is 12.4. The second-order valence-corrected chi connectivity index (χ2v) is 7.25. The molecule has 0 aromatic carbocycles. The van der Waals surface area contributed by atoms with Crippen molar-refractivity contribution in [2.24, 2.45) is 11.8 Å². The topological polar surface area (TPSA) is 46.6 Å². The highest BCUT2D eigenvalue weighted by Crippen LogP contribution is 2.53. The molecule has 3 rings (SSSR count). The van der Waals surface area contributed by atoms with Crippen LogP contribution in [-0.2, 0) is 14.3 Å². The van der Waals surface area contributed by atoms with Gasteiger partial charge in [-0.05, 0) is 30.5 Å². The van der Waals surface area contributed by atoms with Gasteiger partial charge in [-0.1, -0.05) is 26.0 Å². The molecule has 21 heavy (non-hydrogen) atoms. The summed E-state index contributed by atoms with van der Waals surface area (Å²) in [4.78, 5) is 26.5. The van der Waals surface area contributed by atoms with Crippen LogP contribution in [0.3, 0.4) is 0 Å². The van der Waals surface area contributed by atoms with Gasteiger partial charge in [0.2, 0.25) is 5.91 Å². The van der Waals surface area contributed by atoms with Crippen LogP contribution in [-0.4, -0.2) is 35.1 Å². The van der Waals surface area contributed by atoms with E-state index >= 15 is 0 Å². The van der Waals surface area contributed by atoms with Crippen LogP contribution in [0.2, 0.25) is 0 Å². The molecule has 1 saturated heterocycles. The molecule has 5 heteroatoms. The molecule has 1 amide bonds. The SMILES string of the molecule is C=CCOC(=O)C1=C2CCCC[C@@H]2C2C([C@H](C)P)C(=O)N12. The van der Waals surface area contributed by atoms with Crippen molar-refractivity contribution in [3.63, 3.8) is 0 Å². The third-order valence-electron chi connectivity index (χ3n) is 4.90. The van der Waals surface area contributed by atoms with Crippen molar-refractivity contribution in [3.05, 3.63) is 23.9 Å². The first-order valence-electron chi connectivity index (χ1n) is 7.67. The Balaban J connectivity index is 1.92. The van der Waals surface area contributed by atoms with E-state index in [1.807, 2.05) is 0 Å². The Labute approximate surface area is 127 Å². The Morgan fingerprint density at radius 1 is 1.57 bits per heavy atom. The number of hydrogen-bond donors (Lipinski definition) is 0. The fraction of sp³-hybridized carbons (Fsp3) is 0.625. The predicted octanol–water partition coefficient (Wildman–Crippen LogP) is 2.26. The maximum Gasteiger partial charge on any atom is 0.355 e. The highest BCUT2D eigenvalue weighted by Gasteiger charge is 2.60. The minimum absolute atomic E-state index is 0.0257. The van der Waals surface area contributed by atoms with E-state index in [2.05, 4.69) is 22.7 Å². The van der Waals surface area contributed by atoms with Crippen LogP contribution in [0.4, 0.5) is 0 Å². The lowest BCUT2D eigenvalue weighted by molar-refractivity contribution is -0.157. The van der Waals surface area contributed by atoms with Crippen molar-refractivity contribution in [1.29, 1.82) is 0 Å². The molecule has 4 nitrogen and oxygen atoms in total. The summed E-state index contributed by atoms with van der Waals surface area (Å²) < 4.78 is 5.21. The number of carbonyl (C=O) groups is 2. The molecule has 0 radical (unpaired) electrons. The van der Waals surface area contributed by atoms with Crippen LogP contribution in [0.1, 0.15) is 32.6 Å². The average Bonchev–Trinajstić information content (AvgIpc) is 2.75. The molecule has 3 aliphatic rings. The molecule has 2 heterocycles. The molecular formula is C16H22NO3P. The second-order valence-electron chi connectivity index (χ2n) is 6.20. The number of ether oxygens (including phenoxy) is 1. The quantitative estimate of drug-likeness (QED) is 0.346. The zero-order chi connectivity index (χ0) is 15.1. The molecule has 0 aromatic heterocycles. The summed E-state index contributed by atoms with van der Waals surface area (Å²) >= 11 is 0. The van der Waals surface area contributed by atoms with Gasteiger partial charge in [-0.2, -0.15) is 0 Å². The molecule has 0 N–H and O–H groups in total. The predicted molar refractivity (Wildman–Crippen MR) is 83.4 cm³/mol. The molecule has 114 valence electrons. The van der Waals surface area contributed by atoms with E-state index in [1.165, 1.54) is 6.42 Å². The van der Waals surface area contributed by atoms with Crippen LogP contribution in [0.5, 0.6) is 0 Å². The Morgan fingerprint density at radius 2 is 2.33 bits per heavy atom. The number of nitrogens with zero attached hydrogens (tertiary/aromatic N) is 1. The molecule has 0 bridgehead atoms. The third kappa shape index (κ3) is 2.15. The maximum absolute atomic E-state index is 12.5. The normalized spacial score (nSPS) is 32.2. The fourth-order valence-electron chi connectivity index (χ4n) is 4.05. The first-order chi connectivity index (χ1) is 10.1. The lowest BCUT2D eigenvalue weighted by Crippen LogP contribution is -2.63. The summed E-state index contributed by atoms with van der Waals surface area (Å²) in [6.45, 7) is 5.81. The summed E-state index contributed by atoms with van der Waals surface area (Å²) in [5, 5.41) is 0. The molecule has 0 spiro atoms. The van der Waals surface area contributed by atoms with Gasteiger partial charge in [0.15, 0.2) is 0 Å². The summed E-state index contributed by atoms with van der Waals surface area (Å²) in [6.07, 6.45) is 5.83. The number of carbonyl (C=O) groups excluding carboxylic acids is 2. The molecule has 2 fully saturated rings. The summed E-state index contributed by atoms with van der Waals surface area (Å²) in [6, 6.07) is 0.173. The van der Waals surface area contributed by atoms with E-state index in [-0.39, 0.29) is 36.1 Å². The molecule has 0 aromatic rings. The molecule has 1 saturated carbocycles. The number of fused-ring (bicyclic) bond motifs is 3. The number of amides is 1. The van der Waals surface area contributed by atoms with Gasteiger partial charge in [-0.25, -0.2) is 4.79 Å². The molecule has 1 aliphatic carbocycles. The van der Waals surface area contributed by atoms with E-state index in [0.29, 0.717) is 11.6 Å². The van der Waals surface area contributed by atoms with Gasteiger partial charge in [0, 0.05) is 5.92 Å². The maximum atomic E-state index is 12.5. The van der Waals surface area contributed by atoms with Crippen molar-refractivity contribution < 1.29 is 14.3 Å². The van der Waals surface area contributed by atoms with Crippen molar-refractivity contribution in [3.8, 4) is 0 Å². The highest BCUT2D eigenvalue weighted by atomic mass is 31.0. The summed E-state index contributed by atoms with van der Waals surface area (Å²) in [5.74, 6) is 0.103. The number of rotatable bonds is 4. The first kappa shape index (κ1) is 14.8. The van der Waals surface area contributed by atoms with E-state index in [1.54, 1.807) is 11.0 Å². The Kier molecular flexibility index (Phi) is 3.92. The monoisotopic (exact) mass is 307 g/mol. The van der Waals surface area contributed by atoms with E-state index < -0.39 is 0 Å². The molecule has 2 aliphatic heterocycles. The highest BCUT2D eigenvalue weighted by molar-refractivity contribution is 7.17. The van der Waals surface area contributed by atoms with Crippen LogP contribution in [0.15, 0.2) is 23.9 Å². The largest absolute Gasteiger partial charge is 0.457 e. The summed E-state index contributed by atoms with van der Waals surface area (Å²) in [5.41, 5.74) is 1.94. The van der Waals surface area contributed by atoms with Gasteiger partial charge in [-0.3, -0.25) is 4.79 Å². The lowest BCUT2D eigenvalue weighted by Gasteiger charge is -2.48. The Hall–Kier alpha value is -1.15. The minimum atomic E-state index is -0.359. The number of β-lactam (4-membered cyclic amide) rings is 1. The van der Waals surface area contributed by atoms with Crippen molar-refractivity contribution in [2.45, 2.75) is 44.3 Å². The average molecular weight is 307 g/mol. The standard InChI is InChI=1S/C16H22NO3P/c1-3-8-20-16(19)14-11-7-5-4-6-10(11)13-12(9(2)21)15(18)17(13)14/h3,9-10,12-13H,1,4-8,21H2,2H3/t9-,10-,12?,13?/m0/s1. The van der Waals surface area contributed by atoms with Gasteiger partial charge in [0.1, 0.15) is 12.3 Å². The van der Waals surface area contributed by atoms with Crippen LogP contribution < -0.4 is 0 Å².